The van der Waals surface area contributed by atoms with Gasteiger partial charge in [0.1, 0.15) is 23.0 Å². The molecule has 0 N–H and O–H groups in total. The van der Waals surface area contributed by atoms with E-state index in [1.165, 1.54) is 0 Å². The van der Waals surface area contributed by atoms with E-state index in [1.54, 1.807) is 0 Å². The van der Waals surface area contributed by atoms with Crippen LogP contribution in [0.5, 0.6) is 23.0 Å². The standard InChI is InChI=1S/C32H18O4/c33-23-11-9-19-15(23)5-7-21-27-17-3-1-2-4-18(17)28-22-8-6-16-20(10-12-24(16)34)32(22)36-26-14-13-25(35-31(19)21)29(27)30(26)28/h1-8,13-14H,9-12H2. The molecule has 2 heterocycles. The fourth-order valence-corrected chi connectivity index (χ4v) is 6.85. The summed E-state index contributed by atoms with van der Waals surface area (Å²) in [5.41, 5.74) is 7.92. The molecule has 5 aromatic rings. The van der Waals surface area contributed by atoms with Crippen LogP contribution in [0.2, 0.25) is 0 Å². The Morgan fingerprint density at radius 2 is 0.944 bits per heavy atom. The van der Waals surface area contributed by atoms with Gasteiger partial charge in [-0.25, -0.2) is 0 Å². The summed E-state index contributed by atoms with van der Waals surface area (Å²) in [6, 6.07) is 20.5. The van der Waals surface area contributed by atoms with E-state index >= 15 is 0 Å². The summed E-state index contributed by atoms with van der Waals surface area (Å²) in [7, 11) is 0. The van der Waals surface area contributed by atoms with Crippen molar-refractivity contribution >= 4 is 33.1 Å². The average molecular weight is 466 g/mol. The van der Waals surface area contributed by atoms with Crippen LogP contribution in [0.4, 0.5) is 0 Å². The van der Waals surface area contributed by atoms with Gasteiger partial charge in [-0.2, -0.15) is 0 Å². The first-order valence-electron chi connectivity index (χ1n) is 12.4. The second kappa shape index (κ2) is 6.21. The van der Waals surface area contributed by atoms with Crippen molar-refractivity contribution in [2.75, 3.05) is 0 Å². The summed E-state index contributed by atoms with van der Waals surface area (Å²) in [6.07, 6.45) is 2.50. The number of hydrogen-bond donors (Lipinski definition) is 0. The van der Waals surface area contributed by atoms with Crippen LogP contribution >= 0.6 is 0 Å². The molecule has 4 aliphatic rings. The third-order valence-electron chi connectivity index (χ3n) is 8.38. The SMILES string of the molecule is O=C1CCc2c1ccc1c2Oc2ccc3c4c(c5ccccc5c-1c24)-c1ccc2c(c1O3)CCC2=O. The zero-order valence-corrected chi connectivity index (χ0v) is 19.2. The number of Topliss-reactive ketones (excluding diaryl/α,β-unsaturated/α-hetero) is 2. The molecule has 5 aromatic carbocycles. The van der Waals surface area contributed by atoms with Crippen LogP contribution < -0.4 is 9.47 Å². The lowest BCUT2D eigenvalue weighted by Crippen LogP contribution is -2.07. The fraction of sp³-hybridized carbons (Fsp3) is 0.125. The summed E-state index contributed by atoms with van der Waals surface area (Å²) < 4.78 is 13.2. The molecule has 0 radical (unpaired) electrons. The molecule has 0 saturated carbocycles. The smallest absolute Gasteiger partial charge is 0.163 e. The van der Waals surface area contributed by atoms with E-state index in [9.17, 15) is 9.59 Å². The summed E-state index contributed by atoms with van der Waals surface area (Å²) in [6.45, 7) is 0. The molecular formula is C32H18O4. The van der Waals surface area contributed by atoms with Crippen LogP contribution in [0, 0.1) is 0 Å². The molecule has 0 saturated heterocycles. The lowest BCUT2D eigenvalue weighted by molar-refractivity contribution is 0.0986. The number of carbonyl (C=O) groups is 2. The van der Waals surface area contributed by atoms with Gasteiger partial charge in [-0.05, 0) is 47.9 Å². The van der Waals surface area contributed by atoms with Gasteiger partial charge < -0.3 is 9.47 Å². The Morgan fingerprint density at radius 1 is 0.500 bits per heavy atom. The normalized spacial score (nSPS) is 15.9. The highest BCUT2D eigenvalue weighted by Crippen LogP contribution is 2.60. The number of benzene rings is 5. The Morgan fingerprint density at radius 3 is 1.42 bits per heavy atom. The van der Waals surface area contributed by atoms with Crippen molar-refractivity contribution in [2.24, 2.45) is 0 Å². The first-order valence-corrected chi connectivity index (χ1v) is 12.4. The summed E-state index contributed by atoms with van der Waals surface area (Å²) in [5, 5.41) is 4.38. The maximum Gasteiger partial charge on any atom is 0.163 e. The third-order valence-corrected chi connectivity index (χ3v) is 8.38. The Kier molecular flexibility index (Phi) is 3.25. The van der Waals surface area contributed by atoms with E-state index in [2.05, 4.69) is 24.3 Å². The molecule has 0 unspecified atom stereocenters. The molecule has 4 nitrogen and oxygen atoms in total. The molecule has 0 amide bonds. The third kappa shape index (κ3) is 2.08. The summed E-state index contributed by atoms with van der Waals surface area (Å²) in [5.74, 6) is 3.58. The van der Waals surface area contributed by atoms with E-state index in [4.69, 9.17) is 9.47 Å². The van der Waals surface area contributed by atoms with Crippen molar-refractivity contribution in [2.45, 2.75) is 25.7 Å². The average Bonchev–Trinajstić information content (AvgIpc) is 3.49. The Labute approximate surface area is 206 Å². The molecule has 0 bridgehead atoms. The van der Waals surface area contributed by atoms with Gasteiger partial charge in [0.15, 0.2) is 11.6 Å². The van der Waals surface area contributed by atoms with Crippen molar-refractivity contribution in [3.63, 3.8) is 0 Å². The highest BCUT2D eigenvalue weighted by molar-refractivity contribution is 6.27. The van der Waals surface area contributed by atoms with Crippen LogP contribution in [-0.4, -0.2) is 11.6 Å². The molecule has 0 spiro atoms. The van der Waals surface area contributed by atoms with Crippen molar-refractivity contribution in [1.29, 1.82) is 0 Å². The van der Waals surface area contributed by atoms with Crippen molar-refractivity contribution in [1.82, 2.24) is 0 Å². The second-order valence-electron chi connectivity index (χ2n) is 10.1. The number of ketones is 2. The molecule has 0 fully saturated rings. The van der Waals surface area contributed by atoms with Crippen LogP contribution in [-0.2, 0) is 12.8 Å². The fourth-order valence-electron chi connectivity index (χ4n) is 6.85. The second-order valence-corrected chi connectivity index (χ2v) is 10.1. The lowest BCUT2D eigenvalue weighted by Gasteiger charge is -2.30. The monoisotopic (exact) mass is 466 g/mol. The molecule has 9 rings (SSSR count). The number of carbonyl (C=O) groups excluding carboxylic acids is 2. The number of hydrogen-bond acceptors (Lipinski definition) is 4. The maximum atomic E-state index is 12.5. The number of fused-ring (bicyclic) bond motifs is 11. The van der Waals surface area contributed by atoms with Gasteiger partial charge in [-0.3, -0.25) is 9.59 Å². The van der Waals surface area contributed by atoms with Gasteiger partial charge in [0.25, 0.3) is 0 Å². The van der Waals surface area contributed by atoms with Gasteiger partial charge in [0, 0.05) is 68.1 Å². The summed E-state index contributed by atoms with van der Waals surface area (Å²) >= 11 is 0. The van der Waals surface area contributed by atoms with Gasteiger partial charge >= 0.3 is 0 Å². The number of rotatable bonds is 0. The van der Waals surface area contributed by atoms with E-state index in [1.807, 2.05) is 36.4 Å². The Bertz CT molecular complexity index is 1790. The minimum absolute atomic E-state index is 0.188. The van der Waals surface area contributed by atoms with Crippen LogP contribution in [0.25, 0.3) is 43.8 Å². The molecule has 0 atom stereocenters. The Hall–Kier alpha value is -4.44. The molecule has 2 aliphatic carbocycles. The first kappa shape index (κ1) is 18.8. The highest BCUT2D eigenvalue weighted by Gasteiger charge is 2.36. The maximum absolute atomic E-state index is 12.5. The zero-order valence-electron chi connectivity index (χ0n) is 19.2. The van der Waals surface area contributed by atoms with Crippen LogP contribution in [0.3, 0.4) is 0 Å². The molecule has 36 heavy (non-hydrogen) atoms. The van der Waals surface area contributed by atoms with Crippen molar-refractivity contribution in [3.8, 4) is 45.3 Å². The molecule has 2 aliphatic heterocycles. The quantitative estimate of drug-likeness (QED) is 0.214. The first-order chi connectivity index (χ1) is 17.7. The summed E-state index contributed by atoms with van der Waals surface area (Å²) in [4.78, 5) is 24.9. The largest absolute Gasteiger partial charge is 0.456 e. The van der Waals surface area contributed by atoms with E-state index in [0.29, 0.717) is 25.7 Å². The zero-order chi connectivity index (χ0) is 23.7. The van der Waals surface area contributed by atoms with Crippen LogP contribution in [0.15, 0.2) is 60.7 Å². The lowest BCUT2D eigenvalue weighted by atomic mass is 9.81. The minimum Gasteiger partial charge on any atom is -0.456 e. The van der Waals surface area contributed by atoms with E-state index < -0.39 is 0 Å². The molecule has 170 valence electrons. The van der Waals surface area contributed by atoms with E-state index in [0.717, 1.165) is 89.1 Å². The van der Waals surface area contributed by atoms with Gasteiger partial charge in [0.2, 0.25) is 0 Å². The van der Waals surface area contributed by atoms with Crippen LogP contribution in [0.1, 0.15) is 44.7 Å². The van der Waals surface area contributed by atoms with Gasteiger partial charge in [-0.1, -0.05) is 36.4 Å². The van der Waals surface area contributed by atoms with E-state index in [-0.39, 0.29) is 11.6 Å². The van der Waals surface area contributed by atoms with Gasteiger partial charge in [0.05, 0.1) is 0 Å². The topological polar surface area (TPSA) is 52.6 Å². The van der Waals surface area contributed by atoms with Gasteiger partial charge in [-0.15, -0.1) is 0 Å². The van der Waals surface area contributed by atoms with Crippen molar-refractivity contribution < 1.29 is 19.1 Å². The minimum atomic E-state index is 0.188. The predicted octanol–water partition coefficient (Wildman–Crippen LogP) is 7.80. The molecule has 4 heteroatoms. The predicted molar refractivity (Wildman–Crippen MR) is 138 cm³/mol. The molecular weight excluding hydrogens is 448 g/mol. The Balaban J connectivity index is 1.46. The molecule has 0 aromatic heterocycles. The number of ether oxygens (including phenoxy) is 2. The highest BCUT2D eigenvalue weighted by atomic mass is 16.5. The van der Waals surface area contributed by atoms with Crippen molar-refractivity contribution in [3.05, 3.63) is 82.9 Å².